The van der Waals surface area contributed by atoms with Crippen molar-refractivity contribution >= 4 is 5.91 Å². The number of hydrogen-bond donors (Lipinski definition) is 1. The van der Waals surface area contributed by atoms with Gasteiger partial charge in [0, 0.05) is 31.4 Å². The zero-order chi connectivity index (χ0) is 10.7. The quantitative estimate of drug-likeness (QED) is 0.733. The molecular weight excluding hydrogens is 190 g/mol. The minimum atomic E-state index is 0.230. The molecule has 0 aliphatic heterocycles. The van der Waals surface area contributed by atoms with Crippen LogP contribution in [-0.2, 0) is 11.3 Å². The molecule has 4 nitrogen and oxygen atoms in total. The van der Waals surface area contributed by atoms with Crippen molar-refractivity contribution in [1.82, 2.24) is 14.9 Å². The van der Waals surface area contributed by atoms with Crippen molar-refractivity contribution < 1.29 is 4.79 Å². The Morgan fingerprint density at radius 3 is 3.07 bits per heavy atom. The lowest BCUT2D eigenvalue weighted by Crippen LogP contribution is -2.27. The summed E-state index contributed by atoms with van der Waals surface area (Å²) in [4.78, 5) is 15.4. The number of aromatic nitrogens is 2. The highest BCUT2D eigenvalue weighted by atomic mass is 16.2. The zero-order valence-electron chi connectivity index (χ0n) is 9.02. The number of nitrogens with zero attached hydrogens (tertiary/aromatic N) is 2. The van der Waals surface area contributed by atoms with E-state index in [1.807, 2.05) is 10.8 Å². The predicted molar refractivity (Wildman–Crippen MR) is 57.1 cm³/mol. The summed E-state index contributed by atoms with van der Waals surface area (Å²) < 4.78 is 2.02. The van der Waals surface area contributed by atoms with Crippen molar-refractivity contribution in [2.24, 2.45) is 11.8 Å². The molecule has 0 unspecified atom stereocenters. The van der Waals surface area contributed by atoms with Gasteiger partial charge in [0.25, 0.3) is 0 Å². The summed E-state index contributed by atoms with van der Waals surface area (Å²) in [5.74, 6) is 1.12. The fraction of sp³-hybridized carbons (Fsp3) is 0.636. The van der Waals surface area contributed by atoms with E-state index in [4.69, 9.17) is 0 Å². The molecule has 0 saturated heterocycles. The van der Waals surface area contributed by atoms with Gasteiger partial charge >= 0.3 is 0 Å². The van der Waals surface area contributed by atoms with Gasteiger partial charge in [0.05, 0.1) is 6.33 Å². The van der Waals surface area contributed by atoms with Crippen molar-refractivity contribution in [2.45, 2.75) is 26.3 Å². The number of nitrogens with one attached hydrogen (secondary N) is 1. The highest BCUT2D eigenvalue weighted by Gasteiger charge is 2.38. The second kappa shape index (κ2) is 4.47. The van der Waals surface area contributed by atoms with Crippen LogP contribution in [0.3, 0.4) is 0 Å². The lowest BCUT2D eigenvalue weighted by Gasteiger charge is -2.04. The van der Waals surface area contributed by atoms with E-state index in [-0.39, 0.29) is 5.91 Å². The first kappa shape index (κ1) is 10.2. The van der Waals surface area contributed by atoms with Crippen LogP contribution in [-0.4, -0.2) is 22.0 Å². The SMILES string of the molecule is C[C@H]1C[C@H]1C(=O)NCCCn1ccnc1. The summed E-state index contributed by atoms with van der Waals surface area (Å²) in [5.41, 5.74) is 0. The third-order valence-corrected chi connectivity index (χ3v) is 2.90. The van der Waals surface area contributed by atoms with Gasteiger partial charge in [0.15, 0.2) is 0 Å². The first-order chi connectivity index (χ1) is 7.27. The monoisotopic (exact) mass is 207 g/mol. The van der Waals surface area contributed by atoms with E-state index in [2.05, 4.69) is 17.2 Å². The largest absolute Gasteiger partial charge is 0.356 e. The molecule has 0 radical (unpaired) electrons. The smallest absolute Gasteiger partial charge is 0.223 e. The molecule has 2 atom stereocenters. The molecule has 1 amide bonds. The van der Waals surface area contributed by atoms with E-state index in [0.29, 0.717) is 11.8 Å². The van der Waals surface area contributed by atoms with Crippen LogP contribution in [0.25, 0.3) is 0 Å². The number of amides is 1. The summed E-state index contributed by atoms with van der Waals surface area (Å²) in [7, 11) is 0. The number of aryl methyl sites for hydroxylation is 1. The summed E-state index contributed by atoms with van der Waals surface area (Å²) in [6, 6.07) is 0. The average molecular weight is 207 g/mol. The minimum Gasteiger partial charge on any atom is -0.356 e. The number of hydrogen-bond acceptors (Lipinski definition) is 2. The van der Waals surface area contributed by atoms with Crippen LogP contribution in [0.5, 0.6) is 0 Å². The van der Waals surface area contributed by atoms with Crippen LogP contribution in [0.1, 0.15) is 19.8 Å². The molecule has 0 bridgehead atoms. The molecule has 1 aromatic heterocycles. The molecule has 82 valence electrons. The molecule has 1 aromatic rings. The molecular formula is C11H17N3O. The Bertz CT molecular complexity index is 321. The molecule has 1 saturated carbocycles. The van der Waals surface area contributed by atoms with E-state index >= 15 is 0 Å². The van der Waals surface area contributed by atoms with Gasteiger partial charge in [-0.2, -0.15) is 0 Å². The lowest BCUT2D eigenvalue weighted by molar-refractivity contribution is -0.122. The molecule has 1 aliphatic carbocycles. The maximum absolute atomic E-state index is 11.4. The predicted octanol–water partition coefficient (Wildman–Crippen LogP) is 1.05. The second-order valence-corrected chi connectivity index (χ2v) is 4.26. The van der Waals surface area contributed by atoms with Gasteiger partial charge in [-0.15, -0.1) is 0 Å². The number of carbonyl (C=O) groups is 1. The highest BCUT2D eigenvalue weighted by Crippen LogP contribution is 2.37. The maximum atomic E-state index is 11.4. The Balaban J connectivity index is 1.57. The Hall–Kier alpha value is -1.32. The van der Waals surface area contributed by atoms with Gasteiger partial charge in [-0.25, -0.2) is 4.98 Å². The van der Waals surface area contributed by atoms with Crippen molar-refractivity contribution in [2.75, 3.05) is 6.54 Å². The summed E-state index contributed by atoms with van der Waals surface area (Å²) in [5, 5.41) is 2.96. The fourth-order valence-corrected chi connectivity index (χ4v) is 1.71. The van der Waals surface area contributed by atoms with Crippen molar-refractivity contribution in [3.63, 3.8) is 0 Å². The molecule has 1 N–H and O–H groups in total. The molecule has 4 heteroatoms. The first-order valence-electron chi connectivity index (χ1n) is 5.51. The number of imidazole rings is 1. The van der Waals surface area contributed by atoms with Crippen LogP contribution in [0.2, 0.25) is 0 Å². The van der Waals surface area contributed by atoms with Crippen molar-refractivity contribution in [3.8, 4) is 0 Å². The van der Waals surface area contributed by atoms with Gasteiger partial charge in [-0.1, -0.05) is 6.92 Å². The minimum absolute atomic E-state index is 0.230. The topological polar surface area (TPSA) is 46.9 Å². The van der Waals surface area contributed by atoms with E-state index in [9.17, 15) is 4.79 Å². The molecule has 0 spiro atoms. The van der Waals surface area contributed by atoms with Crippen LogP contribution < -0.4 is 5.32 Å². The number of rotatable bonds is 5. The Kier molecular flexibility index (Phi) is 3.04. The normalized spacial score (nSPS) is 23.8. The van der Waals surface area contributed by atoms with Crippen molar-refractivity contribution in [1.29, 1.82) is 0 Å². The van der Waals surface area contributed by atoms with Gasteiger partial charge in [-0.05, 0) is 18.8 Å². The third-order valence-electron chi connectivity index (χ3n) is 2.90. The molecule has 1 heterocycles. The Morgan fingerprint density at radius 1 is 1.67 bits per heavy atom. The summed E-state index contributed by atoms with van der Waals surface area (Å²) in [6.07, 6.45) is 7.52. The Labute approximate surface area is 89.7 Å². The number of carbonyl (C=O) groups excluding carboxylic acids is 1. The van der Waals surface area contributed by atoms with E-state index in [1.165, 1.54) is 0 Å². The molecule has 0 aromatic carbocycles. The Morgan fingerprint density at radius 2 is 2.47 bits per heavy atom. The van der Waals surface area contributed by atoms with E-state index < -0.39 is 0 Å². The van der Waals surface area contributed by atoms with Gasteiger partial charge in [0.2, 0.25) is 5.91 Å². The standard InChI is InChI=1S/C11H17N3O/c1-9-7-10(9)11(15)13-3-2-5-14-6-4-12-8-14/h4,6,8-10H,2-3,5,7H2,1H3,(H,13,15)/t9-,10+/m0/s1. The summed E-state index contributed by atoms with van der Waals surface area (Å²) >= 11 is 0. The van der Waals surface area contributed by atoms with Crippen LogP contribution in [0.15, 0.2) is 18.7 Å². The average Bonchev–Trinajstić information content (AvgIpc) is 2.77. The van der Waals surface area contributed by atoms with E-state index in [0.717, 1.165) is 25.9 Å². The summed E-state index contributed by atoms with van der Waals surface area (Å²) in [6.45, 7) is 3.80. The molecule has 1 aliphatic rings. The molecule has 1 fully saturated rings. The van der Waals surface area contributed by atoms with Crippen LogP contribution in [0, 0.1) is 11.8 Å². The van der Waals surface area contributed by atoms with Crippen LogP contribution >= 0.6 is 0 Å². The fourth-order valence-electron chi connectivity index (χ4n) is 1.71. The highest BCUT2D eigenvalue weighted by molar-refractivity contribution is 5.81. The molecule has 2 rings (SSSR count). The molecule has 15 heavy (non-hydrogen) atoms. The lowest BCUT2D eigenvalue weighted by atomic mass is 10.3. The van der Waals surface area contributed by atoms with Gasteiger partial charge < -0.3 is 9.88 Å². The van der Waals surface area contributed by atoms with E-state index in [1.54, 1.807) is 12.5 Å². The van der Waals surface area contributed by atoms with Gasteiger partial charge in [0.1, 0.15) is 0 Å². The maximum Gasteiger partial charge on any atom is 0.223 e. The zero-order valence-corrected chi connectivity index (χ0v) is 9.02. The van der Waals surface area contributed by atoms with Gasteiger partial charge in [-0.3, -0.25) is 4.79 Å². The second-order valence-electron chi connectivity index (χ2n) is 4.26. The van der Waals surface area contributed by atoms with Crippen molar-refractivity contribution in [3.05, 3.63) is 18.7 Å². The first-order valence-corrected chi connectivity index (χ1v) is 5.51. The third kappa shape index (κ3) is 2.81. The van der Waals surface area contributed by atoms with Crippen LogP contribution in [0.4, 0.5) is 0 Å².